The van der Waals surface area contributed by atoms with Crippen molar-refractivity contribution in [3.05, 3.63) is 95.6 Å². The molecule has 2 amide bonds. The predicted molar refractivity (Wildman–Crippen MR) is 127 cm³/mol. The molecule has 3 N–H and O–H groups in total. The second-order valence-corrected chi connectivity index (χ2v) is 7.44. The lowest BCUT2D eigenvalue weighted by molar-refractivity contribution is 0.144. The number of nitrogens with one attached hydrogen (secondary N) is 3. The predicted octanol–water partition coefficient (Wildman–Crippen LogP) is 4.88. The topological polar surface area (TPSA) is 120 Å². The van der Waals surface area contributed by atoms with E-state index < -0.39 is 18.1 Å². The molecule has 0 radical (unpaired) electrons. The van der Waals surface area contributed by atoms with E-state index in [0.29, 0.717) is 11.0 Å². The van der Waals surface area contributed by atoms with Gasteiger partial charge in [0.15, 0.2) is 0 Å². The molecular formula is C25H23N5O4. The molecule has 0 aliphatic rings. The fourth-order valence-corrected chi connectivity index (χ4v) is 3.25. The molecule has 1 heterocycles. The van der Waals surface area contributed by atoms with Gasteiger partial charge in [-0.2, -0.15) is 4.90 Å². The van der Waals surface area contributed by atoms with Crippen LogP contribution in [0.25, 0.3) is 11.0 Å². The molecule has 4 rings (SSSR count). The molecule has 0 saturated carbocycles. The van der Waals surface area contributed by atoms with Crippen LogP contribution < -0.4 is 10.2 Å². The number of anilines is 1. The lowest BCUT2D eigenvalue weighted by atomic mass is 10.2. The number of fused-ring (bicyclic) bond motifs is 1. The number of aryl methyl sites for hydroxylation is 1. The van der Waals surface area contributed by atoms with Crippen molar-refractivity contribution < 1.29 is 19.1 Å². The van der Waals surface area contributed by atoms with Gasteiger partial charge in [-0.1, -0.05) is 72.8 Å². The number of aromatic nitrogens is 2. The van der Waals surface area contributed by atoms with Crippen LogP contribution in [0.4, 0.5) is 15.5 Å². The molecule has 0 aliphatic heterocycles. The van der Waals surface area contributed by atoms with E-state index in [1.807, 2.05) is 79.7 Å². The summed E-state index contributed by atoms with van der Waals surface area (Å²) in [5.41, 5.74) is 3.77. The number of H-pyrrole nitrogens is 1. The van der Waals surface area contributed by atoms with Gasteiger partial charge in [0.05, 0.1) is 11.0 Å². The number of amides is 2. The fourth-order valence-electron chi connectivity index (χ4n) is 3.25. The van der Waals surface area contributed by atoms with Crippen LogP contribution in [0.2, 0.25) is 0 Å². The van der Waals surface area contributed by atoms with E-state index in [2.05, 4.69) is 15.3 Å². The van der Waals surface area contributed by atoms with Gasteiger partial charge in [-0.15, -0.1) is 0 Å². The van der Waals surface area contributed by atoms with Crippen molar-refractivity contribution in [2.24, 2.45) is 0 Å². The number of hydrogen-bond acceptors (Lipinski definition) is 6. The number of para-hydroxylation sites is 1. The molecule has 3 aromatic carbocycles. The van der Waals surface area contributed by atoms with Crippen LogP contribution >= 0.6 is 0 Å². The zero-order valence-electron chi connectivity index (χ0n) is 18.4. The van der Waals surface area contributed by atoms with Crippen molar-refractivity contribution in [3.63, 3.8) is 0 Å². The molecule has 172 valence electrons. The van der Waals surface area contributed by atoms with Crippen LogP contribution in [-0.4, -0.2) is 28.1 Å². The van der Waals surface area contributed by atoms with E-state index in [4.69, 9.17) is 14.9 Å². The lowest BCUT2D eigenvalue weighted by Gasteiger charge is -2.20. The van der Waals surface area contributed by atoms with Crippen molar-refractivity contribution in [1.82, 2.24) is 15.3 Å². The Morgan fingerprint density at radius 2 is 1.53 bits per heavy atom. The quantitative estimate of drug-likeness (QED) is 0.291. The average Bonchev–Trinajstić information content (AvgIpc) is 3.28. The summed E-state index contributed by atoms with van der Waals surface area (Å²) in [7, 11) is 0. The van der Waals surface area contributed by atoms with E-state index in [0.717, 1.165) is 21.6 Å². The second-order valence-electron chi connectivity index (χ2n) is 7.44. The van der Waals surface area contributed by atoms with Gasteiger partial charge in [0.2, 0.25) is 11.9 Å². The summed E-state index contributed by atoms with van der Waals surface area (Å²) in [5.74, 6) is -0.524. The first-order chi connectivity index (χ1) is 16.5. The van der Waals surface area contributed by atoms with E-state index in [1.165, 1.54) is 0 Å². The summed E-state index contributed by atoms with van der Waals surface area (Å²) >= 11 is 0. The second kappa shape index (κ2) is 10.3. The Kier molecular flexibility index (Phi) is 6.83. The molecule has 0 saturated heterocycles. The van der Waals surface area contributed by atoms with Crippen LogP contribution in [0.1, 0.15) is 16.7 Å². The molecule has 0 fully saturated rings. The monoisotopic (exact) mass is 457 g/mol. The maximum atomic E-state index is 13.0. The fraction of sp³-hybridized carbons (Fsp3) is 0.120. The van der Waals surface area contributed by atoms with Gasteiger partial charge in [0, 0.05) is 0 Å². The highest BCUT2D eigenvalue weighted by atomic mass is 16.6. The van der Waals surface area contributed by atoms with Crippen LogP contribution in [0, 0.1) is 12.3 Å². The van der Waals surface area contributed by atoms with Gasteiger partial charge in [0.1, 0.15) is 13.2 Å². The molecule has 0 unspecified atom stereocenters. The largest absolute Gasteiger partial charge is 0.444 e. The maximum Gasteiger partial charge on any atom is 0.424 e. The van der Waals surface area contributed by atoms with Gasteiger partial charge in [-0.25, -0.2) is 14.6 Å². The highest BCUT2D eigenvalue weighted by molar-refractivity contribution is 6.15. The maximum absolute atomic E-state index is 13.0. The Labute approximate surface area is 195 Å². The van der Waals surface area contributed by atoms with Crippen LogP contribution in [0.5, 0.6) is 0 Å². The molecule has 9 nitrogen and oxygen atoms in total. The standard InChI is InChI=1S/C25H23N5O4/c1-17-9-8-14-20-21(17)28-23(27-20)30(25(32)34-16-19-12-6-3-7-13-19)22(26)29-24(31)33-15-18-10-4-2-5-11-18/h2-14H,15-16H2,1H3,(H,27,28)(H2,26,29,31). The number of aromatic amines is 1. The van der Waals surface area contributed by atoms with Crippen molar-refractivity contribution in [2.45, 2.75) is 20.1 Å². The smallest absolute Gasteiger partial charge is 0.424 e. The molecule has 0 atom stereocenters. The highest BCUT2D eigenvalue weighted by Crippen LogP contribution is 2.21. The summed E-state index contributed by atoms with van der Waals surface area (Å²) in [6, 6.07) is 23.8. The Hall–Kier alpha value is -4.66. The Balaban J connectivity index is 1.52. The lowest BCUT2D eigenvalue weighted by Crippen LogP contribution is -2.47. The summed E-state index contributed by atoms with van der Waals surface area (Å²) in [4.78, 5) is 33.6. The Bertz CT molecular complexity index is 1300. The normalized spacial score (nSPS) is 10.5. The number of carbonyl (C=O) groups is 2. The summed E-state index contributed by atoms with van der Waals surface area (Å²) in [5, 5.41) is 10.7. The number of nitrogens with zero attached hydrogens (tertiary/aromatic N) is 2. The average molecular weight is 457 g/mol. The van der Waals surface area contributed by atoms with E-state index in [9.17, 15) is 9.59 Å². The number of alkyl carbamates (subject to hydrolysis) is 1. The third-order valence-corrected chi connectivity index (χ3v) is 4.96. The third-order valence-electron chi connectivity index (χ3n) is 4.96. The molecule has 4 aromatic rings. The zero-order valence-corrected chi connectivity index (χ0v) is 18.4. The van der Waals surface area contributed by atoms with Crippen molar-refractivity contribution in [2.75, 3.05) is 4.90 Å². The first-order valence-corrected chi connectivity index (χ1v) is 10.5. The summed E-state index contributed by atoms with van der Waals surface area (Å²) in [6.45, 7) is 1.89. The van der Waals surface area contributed by atoms with Gasteiger partial charge in [0.25, 0.3) is 0 Å². The molecule has 9 heteroatoms. The number of imidazole rings is 1. The SMILES string of the molecule is Cc1cccc2[nH]c(N(C(=N)NC(=O)OCc3ccccc3)C(=O)OCc3ccccc3)nc12. The molecule has 0 aliphatic carbocycles. The number of ether oxygens (including phenoxy) is 2. The van der Waals surface area contributed by atoms with Crippen molar-refractivity contribution in [1.29, 1.82) is 5.41 Å². The summed E-state index contributed by atoms with van der Waals surface area (Å²) < 4.78 is 10.6. The third kappa shape index (κ3) is 5.39. The molecule has 0 spiro atoms. The minimum atomic E-state index is -0.887. The summed E-state index contributed by atoms with van der Waals surface area (Å²) in [6.07, 6.45) is -1.77. The van der Waals surface area contributed by atoms with Gasteiger partial charge >= 0.3 is 12.2 Å². The molecule has 0 bridgehead atoms. The van der Waals surface area contributed by atoms with E-state index in [1.54, 1.807) is 6.07 Å². The highest BCUT2D eigenvalue weighted by Gasteiger charge is 2.27. The number of hydrogen-bond donors (Lipinski definition) is 3. The molecular weight excluding hydrogens is 434 g/mol. The van der Waals surface area contributed by atoms with Crippen LogP contribution in [-0.2, 0) is 22.7 Å². The Morgan fingerprint density at radius 3 is 2.15 bits per heavy atom. The van der Waals surface area contributed by atoms with Gasteiger partial charge in [-0.05, 0) is 29.7 Å². The first-order valence-electron chi connectivity index (χ1n) is 10.5. The number of guanidine groups is 1. The Morgan fingerprint density at radius 1 is 0.912 bits per heavy atom. The van der Waals surface area contributed by atoms with Crippen molar-refractivity contribution in [3.8, 4) is 0 Å². The van der Waals surface area contributed by atoms with Crippen molar-refractivity contribution >= 4 is 35.1 Å². The zero-order chi connectivity index (χ0) is 23.9. The number of benzene rings is 3. The van der Waals surface area contributed by atoms with E-state index in [-0.39, 0.29) is 19.2 Å². The van der Waals surface area contributed by atoms with Gasteiger partial charge in [-0.3, -0.25) is 10.7 Å². The van der Waals surface area contributed by atoms with E-state index >= 15 is 0 Å². The minimum absolute atomic E-state index is 0.0127. The molecule has 1 aromatic heterocycles. The molecule has 34 heavy (non-hydrogen) atoms. The number of carbonyl (C=O) groups excluding carboxylic acids is 2. The van der Waals surface area contributed by atoms with Crippen LogP contribution in [0.15, 0.2) is 78.9 Å². The first kappa shape index (κ1) is 22.5. The number of rotatable bonds is 5. The minimum Gasteiger partial charge on any atom is -0.444 e. The van der Waals surface area contributed by atoms with Crippen LogP contribution in [0.3, 0.4) is 0 Å². The van der Waals surface area contributed by atoms with Gasteiger partial charge < -0.3 is 14.5 Å².